The zero-order valence-electron chi connectivity index (χ0n) is 13.3. The van der Waals surface area contributed by atoms with E-state index in [1.807, 2.05) is 18.7 Å². The van der Waals surface area contributed by atoms with E-state index < -0.39 is 0 Å². The molecule has 20 heavy (non-hydrogen) atoms. The molecule has 0 spiro atoms. The van der Waals surface area contributed by atoms with Crippen LogP contribution in [-0.4, -0.2) is 46.7 Å². The molecule has 0 bridgehead atoms. The fraction of sp³-hybridized carbons (Fsp3) is 0.812. The van der Waals surface area contributed by atoms with Gasteiger partial charge >= 0.3 is 0 Å². The Bertz CT molecular complexity index is 364. The van der Waals surface area contributed by atoms with Crippen LogP contribution >= 0.6 is 0 Å². The largest absolute Gasteiger partial charge is 0.336 e. The van der Waals surface area contributed by atoms with Crippen molar-refractivity contribution >= 4 is 0 Å². The summed E-state index contributed by atoms with van der Waals surface area (Å²) in [5.41, 5.74) is 0.347. The quantitative estimate of drug-likeness (QED) is 0.812. The first kappa shape index (κ1) is 15.5. The van der Waals surface area contributed by atoms with Crippen LogP contribution in [0.25, 0.3) is 0 Å². The van der Waals surface area contributed by atoms with Crippen LogP contribution in [0.1, 0.15) is 45.4 Å². The van der Waals surface area contributed by atoms with Crippen molar-refractivity contribution in [3.8, 4) is 0 Å². The number of nitrogens with one attached hydrogen (secondary N) is 1. The molecule has 2 rings (SSSR count). The highest BCUT2D eigenvalue weighted by atomic mass is 15.2. The lowest BCUT2D eigenvalue weighted by atomic mass is 9.88. The van der Waals surface area contributed by atoms with E-state index in [1.165, 1.54) is 38.5 Å². The summed E-state index contributed by atoms with van der Waals surface area (Å²) in [4.78, 5) is 6.56. The van der Waals surface area contributed by atoms with E-state index in [-0.39, 0.29) is 0 Å². The topological polar surface area (TPSA) is 33.1 Å². The molecular weight excluding hydrogens is 248 g/mol. The van der Waals surface area contributed by atoms with Crippen LogP contribution in [0.3, 0.4) is 0 Å². The van der Waals surface area contributed by atoms with Crippen LogP contribution in [0.15, 0.2) is 18.7 Å². The molecular formula is C16H30N4. The summed E-state index contributed by atoms with van der Waals surface area (Å²) in [7, 11) is 4.49. The molecule has 1 aromatic heterocycles. The summed E-state index contributed by atoms with van der Waals surface area (Å²) in [5.74, 6) is 0. The molecule has 0 saturated heterocycles. The Kier molecular flexibility index (Phi) is 5.61. The van der Waals surface area contributed by atoms with Gasteiger partial charge in [0.15, 0.2) is 0 Å². The minimum atomic E-state index is 0.347. The highest BCUT2D eigenvalue weighted by molar-refractivity contribution is 4.92. The second-order valence-corrected chi connectivity index (χ2v) is 6.57. The van der Waals surface area contributed by atoms with Gasteiger partial charge in [-0.1, -0.05) is 25.7 Å². The highest BCUT2D eigenvalue weighted by Crippen LogP contribution is 2.30. The molecule has 0 radical (unpaired) electrons. The van der Waals surface area contributed by atoms with Crippen molar-refractivity contribution in [3.63, 3.8) is 0 Å². The van der Waals surface area contributed by atoms with Gasteiger partial charge in [-0.2, -0.15) is 0 Å². The van der Waals surface area contributed by atoms with Gasteiger partial charge in [0.05, 0.1) is 6.33 Å². The highest BCUT2D eigenvalue weighted by Gasteiger charge is 2.33. The Morgan fingerprint density at radius 3 is 2.50 bits per heavy atom. The van der Waals surface area contributed by atoms with Gasteiger partial charge in [0.1, 0.15) is 0 Å². The second-order valence-electron chi connectivity index (χ2n) is 6.57. The number of nitrogens with zero attached hydrogens (tertiary/aromatic N) is 3. The van der Waals surface area contributed by atoms with Crippen LogP contribution in [0, 0.1) is 0 Å². The maximum absolute atomic E-state index is 4.11. The van der Waals surface area contributed by atoms with Crippen LogP contribution in [-0.2, 0) is 6.54 Å². The molecule has 0 unspecified atom stereocenters. The average Bonchev–Trinajstić information content (AvgIpc) is 2.79. The predicted molar refractivity (Wildman–Crippen MR) is 83.8 cm³/mol. The smallest absolute Gasteiger partial charge is 0.0946 e. The molecule has 0 amide bonds. The van der Waals surface area contributed by atoms with Gasteiger partial charge in [0.25, 0.3) is 0 Å². The molecule has 4 heteroatoms. The van der Waals surface area contributed by atoms with Gasteiger partial charge in [-0.3, -0.25) is 0 Å². The fourth-order valence-corrected chi connectivity index (χ4v) is 3.31. The van der Waals surface area contributed by atoms with Gasteiger partial charge in [0, 0.05) is 37.1 Å². The molecule has 1 aliphatic carbocycles. The molecule has 1 fully saturated rings. The molecule has 4 nitrogen and oxygen atoms in total. The van der Waals surface area contributed by atoms with E-state index in [0.29, 0.717) is 11.6 Å². The van der Waals surface area contributed by atoms with Crippen LogP contribution in [0.4, 0.5) is 0 Å². The van der Waals surface area contributed by atoms with Crippen LogP contribution in [0.2, 0.25) is 0 Å². The Hall–Kier alpha value is -0.870. The van der Waals surface area contributed by atoms with Crippen molar-refractivity contribution in [3.05, 3.63) is 18.7 Å². The summed E-state index contributed by atoms with van der Waals surface area (Å²) < 4.78 is 2.15. The third kappa shape index (κ3) is 4.06. The lowest BCUT2D eigenvalue weighted by molar-refractivity contribution is 0.122. The number of imidazole rings is 1. The first-order valence-corrected chi connectivity index (χ1v) is 7.99. The lowest BCUT2D eigenvalue weighted by Crippen LogP contribution is -2.53. The van der Waals surface area contributed by atoms with E-state index in [9.17, 15) is 0 Å². The van der Waals surface area contributed by atoms with Gasteiger partial charge in [-0.15, -0.1) is 0 Å². The normalized spacial score (nSPS) is 20.8. The van der Waals surface area contributed by atoms with Crippen molar-refractivity contribution in [1.29, 1.82) is 0 Å². The molecule has 0 aliphatic heterocycles. The first-order valence-electron chi connectivity index (χ1n) is 7.99. The molecule has 1 aromatic rings. The molecule has 1 N–H and O–H groups in total. The summed E-state index contributed by atoms with van der Waals surface area (Å²) in [6, 6.07) is 0.476. The molecule has 1 atom stereocenters. The van der Waals surface area contributed by atoms with Gasteiger partial charge < -0.3 is 14.8 Å². The second kappa shape index (κ2) is 7.23. The lowest BCUT2D eigenvalue weighted by Gasteiger charge is -2.40. The Morgan fingerprint density at radius 1 is 1.25 bits per heavy atom. The van der Waals surface area contributed by atoms with Gasteiger partial charge in [-0.05, 0) is 33.9 Å². The molecule has 1 saturated carbocycles. The number of hydrogen-bond acceptors (Lipinski definition) is 3. The van der Waals surface area contributed by atoms with Crippen molar-refractivity contribution in [2.75, 3.05) is 20.6 Å². The van der Waals surface area contributed by atoms with Crippen molar-refractivity contribution in [2.24, 2.45) is 0 Å². The van der Waals surface area contributed by atoms with Crippen LogP contribution < -0.4 is 5.32 Å². The minimum absolute atomic E-state index is 0.347. The number of rotatable bonds is 6. The summed E-state index contributed by atoms with van der Waals surface area (Å²) in [6.07, 6.45) is 14.0. The predicted octanol–water partition coefficient (Wildman–Crippen LogP) is 2.52. The average molecular weight is 278 g/mol. The van der Waals surface area contributed by atoms with Crippen molar-refractivity contribution in [1.82, 2.24) is 19.8 Å². The van der Waals surface area contributed by atoms with Crippen LogP contribution in [0.5, 0.6) is 0 Å². The Labute approximate surface area is 123 Å². The van der Waals surface area contributed by atoms with E-state index in [2.05, 4.69) is 40.8 Å². The third-order valence-corrected chi connectivity index (χ3v) is 4.81. The SMILES string of the molecule is C[C@H](Cn1ccnc1)NCC1(N(C)C)CCCCCC1. The summed E-state index contributed by atoms with van der Waals surface area (Å²) >= 11 is 0. The number of aromatic nitrogens is 2. The maximum Gasteiger partial charge on any atom is 0.0946 e. The minimum Gasteiger partial charge on any atom is -0.336 e. The van der Waals surface area contributed by atoms with Gasteiger partial charge in [-0.25, -0.2) is 4.98 Å². The molecule has 1 heterocycles. The maximum atomic E-state index is 4.11. The standard InChI is InChI=1S/C16H30N4/c1-15(12-20-11-10-17-14-20)18-13-16(19(2)3)8-6-4-5-7-9-16/h10-11,14-15,18H,4-9,12-13H2,1-3H3/t15-/m1/s1. The Balaban J connectivity index is 1.88. The fourth-order valence-electron chi connectivity index (χ4n) is 3.31. The molecule has 114 valence electrons. The van der Waals surface area contributed by atoms with E-state index in [1.54, 1.807) is 0 Å². The molecule has 1 aliphatic rings. The van der Waals surface area contributed by atoms with E-state index >= 15 is 0 Å². The van der Waals surface area contributed by atoms with Crippen molar-refractivity contribution in [2.45, 2.75) is 63.6 Å². The van der Waals surface area contributed by atoms with Crippen molar-refractivity contribution < 1.29 is 0 Å². The molecule has 0 aromatic carbocycles. The van der Waals surface area contributed by atoms with Gasteiger partial charge in [0.2, 0.25) is 0 Å². The first-order chi connectivity index (χ1) is 9.62. The zero-order valence-corrected chi connectivity index (χ0v) is 13.3. The third-order valence-electron chi connectivity index (χ3n) is 4.81. The van der Waals surface area contributed by atoms with E-state index in [4.69, 9.17) is 0 Å². The summed E-state index contributed by atoms with van der Waals surface area (Å²) in [5, 5.41) is 3.75. The number of likely N-dealkylation sites (N-methyl/N-ethyl adjacent to an activating group) is 1. The van der Waals surface area contributed by atoms with E-state index in [0.717, 1.165) is 13.1 Å². The Morgan fingerprint density at radius 2 is 1.95 bits per heavy atom. The zero-order chi connectivity index (χ0) is 14.4. The monoisotopic (exact) mass is 278 g/mol. The summed E-state index contributed by atoms with van der Waals surface area (Å²) in [6.45, 7) is 4.35. The number of hydrogen-bond donors (Lipinski definition) is 1.